The van der Waals surface area contributed by atoms with Crippen molar-refractivity contribution in [2.45, 2.75) is 93.8 Å². The fourth-order valence-electron chi connectivity index (χ4n) is 5.74. The van der Waals surface area contributed by atoms with Gasteiger partial charge in [-0.15, -0.1) is 0 Å². The molecule has 0 bridgehead atoms. The van der Waals surface area contributed by atoms with Crippen LogP contribution in [0, 0.1) is 5.92 Å². The first-order valence-electron chi connectivity index (χ1n) is 15.5. The zero-order valence-corrected chi connectivity index (χ0v) is 26.6. The minimum absolute atomic E-state index is 0.0975. The van der Waals surface area contributed by atoms with E-state index in [4.69, 9.17) is 16.2 Å². The van der Waals surface area contributed by atoms with E-state index in [9.17, 15) is 54.9 Å². The van der Waals surface area contributed by atoms with Gasteiger partial charge in [0.15, 0.2) is 12.2 Å². The van der Waals surface area contributed by atoms with Gasteiger partial charge in [-0.25, -0.2) is 4.99 Å². The number of nitrogens with zero attached hydrogens (tertiary/aromatic N) is 4. The van der Waals surface area contributed by atoms with Crippen LogP contribution < -0.4 is 27.4 Å². The van der Waals surface area contributed by atoms with Crippen molar-refractivity contribution in [1.82, 2.24) is 25.8 Å². The molecule has 0 spiro atoms. The van der Waals surface area contributed by atoms with Crippen molar-refractivity contribution in [3.63, 3.8) is 0 Å². The Morgan fingerprint density at radius 2 is 1.73 bits per heavy atom. The lowest BCUT2D eigenvalue weighted by Crippen LogP contribution is -2.70. The molecule has 8 unspecified atom stereocenters. The molecule has 3 amide bonds. The highest BCUT2D eigenvalue weighted by Gasteiger charge is 2.53. The average molecular weight is 690 g/mol. The normalized spacial score (nSPS) is 29.6. The highest BCUT2D eigenvalue weighted by Crippen LogP contribution is 2.30. The third-order valence-corrected chi connectivity index (χ3v) is 8.64. The van der Waals surface area contributed by atoms with Crippen molar-refractivity contribution in [2.24, 2.45) is 27.4 Å². The molecule has 11 atom stereocenters. The van der Waals surface area contributed by atoms with Crippen LogP contribution in [0.2, 0.25) is 0 Å². The summed E-state index contributed by atoms with van der Waals surface area (Å²) in [6, 6.07) is -6.55. The van der Waals surface area contributed by atoms with E-state index in [0.29, 0.717) is 12.8 Å². The first-order chi connectivity index (χ1) is 22.8. The summed E-state index contributed by atoms with van der Waals surface area (Å²) in [5.41, 5.74) is 11.4. The number of hydrogen-bond acceptors (Lipinski definition) is 18. The Morgan fingerprint density at radius 1 is 1.06 bits per heavy atom. The van der Waals surface area contributed by atoms with Gasteiger partial charge in [0.2, 0.25) is 23.7 Å². The van der Waals surface area contributed by atoms with E-state index in [-0.39, 0.29) is 24.8 Å². The van der Waals surface area contributed by atoms with Gasteiger partial charge in [0, 0.05) is 5.92 Å². The number of carbonyl (C=O) groups excluding carboxylic acids is 4. The Hall–Kier alpha value is -3.54. The molecule has 3 aliphatic rings. The Morgan fingerprint density at radius 3 is 2.25 bits per heavy atom. The molecule has 48 heavy (non-hydrogen) atoms. The van der Waals surface area contributed by atoms with Gasteiger partial charge in [-0.2, -0.15) is 0 Å². The number of nitrogens with two attached hydrogens (primary N) is 2. The number of aldehydes is 1. The van der Waals surface area contributed by atoms with E-state index in [0.717, 1.165) is 9.80 Å². The van der Waals surface area contributed by atoms with E-state index >= 15 is 0 Å². The molecule has 1 fully saturated rings. The van der Waals surface area contributed by atoms with Crippen LogP contribution in [0.15, 0.2) is 9.98 Å². The lowest BCUT2D eigenvalue weighted by molar-refractivity contribution is -0.261. The molecule has 3 aliphatic heterocycles. The smallest absolute Gasteiger partial charge is 0.250 e. The predicted octanol–water partition coefficient (Wildman–Crippen LogP) is -7.82. The number of rotatable bonds is 15. The average Bonchev–Trinajstić information content (AvgIpc) is 3.70. The van der Waals surface area contributed by atoms with Crippen molar-refractivity contribution >= 4 is 35.9 Å². The van der Waals surface area contributed by atoms with Gasteiger partial charge in [-0.1, -0.05) is 13.8 Å². The highest BCUT2D eigenvalue weighted by molar-refractivity contribution is 5.99. The molecule has 0 saturated carbocycles. The fraction of sp³-hybridized carbons (Fsp3) is 0.778. The molecule has 14 N–H and O–H groups in total. The van der Waals surface area contributed by atoms with Gasteiger partial charge in [0.1, 0.15) is 61.1 Å². The number of aliphatic imine (C=N–C) groups is 2. The molecular weight excluding hydrogens is 642 g/mol. The molecule has 3 heterocycles. The van der Waals surface area contributed by atoms with Gasteiger partial charge in [-0.05, 0) is 12.8 Å². The molecule has 21 heteroatoms. The standard InChI is InChI=1S/C27H47N9O12/c1-3-11(4-2)22(45)34-27-31-5-14(36(27)25-21(44)20(43)19(42)15(10-40)48-25)18(41)17(33-23(46)13(28)9-39)24(47)35(12(7-37)8-38)16-6-30-26(29)32-16/h7,11-21,25,38-44H,3-6,8-10,28H2,1-2H3,(H,33,46)(H3,29,30,32)(H,31,34,45)/t12-,13+,14?,15?,16?,17+,18?,19?,20?,21?,25?/m1/s1. The van der Waals surface area contributed by atoms with Crippen molar-refractivity contribution < 1.29 is 59.7 Å². The summed E-state index contributed by atoms with van der Waals surface area (Å²) in [6.07, 6.45) is -10.7. The molecule has 0 aliphatic carbocycles. The van der Waals surface area contributed by atoms with E-state index < -0.39 is 117 Å². The number of aliphatic hydroxyl groups is 7. The summed E-state index contributed by atoms with van der Waals surface area (Å²) in [7, 11) is 0. The number of ether oxygens (including phenoxy) is 1. The van der Waals surface area contributed by atoms with Gasteiger partial charge < -0.3 is 77.2 Å². The van der Waals surface area contributed by atoms with Crippen LogP contribution in [0.1, 0.15) is 26.7 Å². The number of hydrogen-bond donors (Lipinski definition) is 12. The van der Waals surface area contributed by atoms with Crippen LogP contribution in [0.25, 0.3) is 0 Å². The maximum Gasteiger partial charge on any atom is 0.250 e. The van der Waals surface area contributed by atoms with Gasteiger partial charge in [-0.3, -0.25) is 24.7 Å². The Kier molecular flexibility index (Phi) is 14.0. The molecule has 272 valence electrons. The summed E-state index contributed by atoms with van der Waals surface area (Å²) in [6.45, 7) is 0.434. The number of nitrogens with one attached hydrogen (secondary N) is 3. The monoisotopic (exact) mass is 689 g/mol. The summed E-state index contributed by atoms with van der Waals surface area (Å²) < 4.78 is 5.73. The molecule has 3 rings (SSSR count). The lowest BCUT2D eigenvalue weighted by atomic mass is 9.95. The van der Waals surface area contributed by atoms with Crippen LogP contribution >= 0.6 is 0 Å². The van der Waals surface area contributed by atoms with Crippen LogP contribution in [-0.2, 0) is 23.9 Å². The minimum Gasteiger partial charge on any atom is -0.394 e. The fourth-order valence-corrected chi connectivity index (χ4v) is 5.74. The molecular formula is C27H47N9O12. The van der Waals surface area contributed by atoms with Crippen LogP contribution in [0.3, 0.4) is 0 Å². The van der Waals surface area contributed by atoms with E-state index in [1.807, 2.05) is 0 Å². The molecule has 0 aromatic heterocycles. The summed E-state index contributed by atoms with van der Waals surface area (Å²) in [4.78, 5) is 62.4. The zero-order chi connectivity index (χ0) is 35.9. The van der Waals surface area contributed by atoms with E-state index in [1.54, 1.807) is 13.8 Å². The number of guanidine groups is 2. The third kappa shape index (κ3) is 8.18. The molecule has 0 aromatic carbocycles. The highest BCUT2D eigenvalue weighted by atomic mass is 16.6. The summed E-state index contributed by atoms with van der Waals surface area (Å²) >= 11 is 0. The maximum absolute atomic E-state index is 14.2. The molecule has 21 nitrogen and oxygen atoms in total. The second-order valence-electron chi connectivity index (χ2n) is 11.6. The first-order valence-corrected chi connectivity index (χ1v) is 15.5. The van der Waals surface area contributed by atoms with Gasteiger partial charge in [0.25, 0.3) is 0 Å². The Balaban J connectivity index is 2.10. The van der Waals surface area contributed by atoms with Crippen LogP contribution in [0.5, 0.6) is 0 Å². The molecule has 0 radical (unpaired) electrons. The van der Waals surface area contributed by atoms with Crippen molar-refractivity contribution in [2.75, 3.05) is 32.9 Å². The van der Waals surface area contributed by atoms with E-state index in [1.165, 1.54) is 0 Å². The van der Waals surface area contributed by atoms with Crippen LogP contribution in [0.4, 0.5) is 0 Å². The lowest BCUT2D eigenvalue weighted by Gasteiger charge is -2.47. The first kappa shape index (κ1) is 38.9. The van der Waals surface area contributed by atoms with Crippen LogP contribution in [-0.4, -0.2) is 181 Å². The third-order valence-electron chi connectivity index (χ3n) is 8.64. The number of aliphatic hydroxyl groups excluding tert-OH is 7. The summed E-state index contributed by atoms with van der Waals surface area (Å²) in [5, 5.41) is 80.7. The van der Waals surface area contributed by atoms with Crippen molar-refractivity contribution in [1.29, 1.82) is 0 Å². The van der Waals surface area contributed by atoms with Gasteiger partial charge >= 0.3 is 0 Å². The maximum atomic E-state index is 14.2. The van der Waals surface area contributed by atoms with Crippen molar-refractivity contribution in [3.05, 3.63) is 0 Å². The van der Waals surface area contributed by atoms with E-state index in [2.05, 4.69) is 25.9 Å². The number of carbonyl (C=O) groups is 4. The predicted molar refractivity (Wildman–Crippen MR) is 164 cm³/mol. The Bertz CT molecular complexity index is 1200. The summed E-state index contributed by atoms with van der Waals surface area (Å²) in [5.74, 6) is -3.58. The molecule has 0 aromatic rings. The topological polar surface area (TPSA) is 338 Å². The second kappa shape index (κ2) is 17.2. The zero-order valence-electron chi connectivity index (χ0n) is 26.6. The SMILES string of the molecule is CCC(CC)C(=O)NC1=NCC(C(O)[C@H](NC(=O)[C@@H](N)CO)C(=O)N(C2CN=C(N)N2)[C@H](C=O)CO)N1C1OC(CO)C(O)C(O)C1O. The quantitative estimate of drug-likeness (QED) is 0.0710. The number of amides is 3. The largest absolute Gasteiger partial charge is 0.394 e. The Labute approximate surface area is 275 Å². The van der Waals surface area contributed by atoms with Gasteiger partial charge in [0.05, 0.1) is 39.0 Å². The second-order valence-corrected chi connectivity index (χ2v) is 11.6. The minimum atomic E-state index is -2.04. The van der Waals surface area contributed by atoms with Crippen molar-refractivity contribution in [3.8, 4) is 0 Å². The molecule has 1 saturated heterocycles.